The fraction of sp³-hybridized carbons (Fsp3) is 0.133. The minimum absolute atomic E-state index is 0.324. The molecule has 0 fully saturated rings. The molecule has 0 amide bonds. The minimum Gasteiger partial charge on any atom is -0.438 e. The second-order valence-electron chi connectivity index (χ2n) is 4.42. The molecule has 2 N–H and O–H groups in total. The highest BCUT2D eigenvalue weighted by Crippen LogP contribution is 2.21. The Labute approximate surface area is 124 Å². The first-order valence-corrected chi connectivity index (χ1v) is 6.98. The number of ether oxygens (including phenoxy) is 1. The molecule has 1 heterocycles. The van der Waals surface area contributed by atoms with E-state index in [1.807, 2.05) is 36.4 Å². The van der Waals surface area contributed by atoms with Crippen molar-refractivity contribution in [1.82, 2.24) is 4.98 Å². The summed E-state index contributed by atoms with van der Waals surface area (Å²) in [4.78, 5) is 4.33. The Morgan fingerprint density at radius 1 is 1.10 bits per heavy atom. The fourth-order valence-corrected chi connectivity index (χ4v) is 2.18. The Morgan fingerprint density at radius 3 is 2.65 bits per heavy atom. The first-order valence-electron chi connectivity index (χ1n) is 6.18. The van der Waals surface area contributed by atoms with Crippen molar-refractivity contribution in [1.29, 1.82) is 0 Å². The summed E-state index contributed by atoms with van der Waals surface area (Å²) < 4.78 is 12.2. The van der Waals surface area contributed by atoms with E-state index in [4.69, 9.17) is 14.9 Å². The molecule has 0 saturated heterocycles. The largest absolute Gasteiger partial charge is 0.438 e. The summed E-state index contributed by atoms with van der Waals surface area (Å²) in [6.07, 6.45) is 0. The topological polar surface area (TPSA) is 61.3 Å². The first kappa shape index (κ1) is 13.1. The molecular weight excluding hydrogens is 320 g/mol. The summed E-state index contributed by atoms with van der Waals surface area (Å²) in [5, 5.41) is 0. The van der Waals surface area contributed by atoms with Crippen LogP contribution in [-0.4, -0.2) is 4.98 Å². The van der Waals surface area contributed by atoms with Gasteiger partial charge in [0.2, 0.25) is 5.89 Å². The molecule has 0 aliphatic carbocycles. The summed E-state index contributed by atoms with van der Waals surface area (Å²) in [7, 11) is 0. The van der Waals surface area contributed by atoms with E-state index < -0.39 is 0 Å². The molecule has 3 rings (SSSR count). The van der Waals surface area contributed by atoms with Gasteiger partial charge >= 0.3 is 0 Å². The van der Waals surface area contributed by atoms with Crippen molar-refractivity contribution in [2.24, 2.45) is 0 Å². The van der Waals surface area contributed by atoms with Gasteiger partial charge in [0.15, 0.2) is 5.58 Å². The molecule has 20 heavy (non-hydrogen) atoms. The van der Waals surface area contributed by atoms with Gasteiger partial charge in [0.05, 0.1) is 12.3 Å². The molecule has 0 aliphatic rings. The highest BCUT2D eigenvalue weighted by Gasteiger charge is 2.07. The van der Waals surface area contributed by atoms with Crippen LogP contribution >= 0.6 is 15.9 Å². The molecule has 0 radical (unpaired) electrons. The van der Waals surface area contributed by atoms with Crippen molar-refractivity contribution in [3.8, 4) is 0 Å². The van der Waals surface area contributed by atoms with Gasteiger partial charge in [0, 0.05) is 4.47 Å². The van der Waals surface area contributed by atoms with Gasteiger partial charge in [-0.2, -0.15) is 0 Å². The Balaban J connectivity index is 1.65. The van der Waals surface area contributed by atoms with E-state index in [0.717, 1.165) is 10.0 Å². The summed E-state index contributed by atoms with van der Waals surface area (Å²) in [6.45, 7) is 0.839. The Bertz CT molecular complexity index is 722. The summed E-state index contributed by atoms with van der Waals surface area (Å²) >= 11 is 3.40. The SMILES string of the molecule is Nc1cccc2oc(COCc3ccc(Br)cc3)nc12. The molecule has 0 atom stereocenters. The highest BCUT2D eigenvalue weighted by atomic mass is 79.9. The molecule has 0 unspecified atom stereocenters. The van der Waals surface area contributed by atoms with Crippen molar-refractivity contribution in [2.75, 3.05) is 5.73 Å². The van der Waals surface area contributed by atoms with Crippen LogP contribution in [0.5, 0.6) is 0 Å². The lowest BCUT2D eigenvalue weighted by Gasteiger charge is -2.01. The number of nitrogen functional groups attached to an aromatic ring is 1. The van der Waals surface area contributed by atoms with Crippen molar-refractivity contribution in [2.45, 2.75) is 13.2 Å². The molecule has 1 aromatic heterocycles. The third-order valence-corrected chi connectivity index (χ3v) is 3.43. The third kappa shape index (κ3) is 2.84. The number of nitrogens with two attached hydrogens (primary N) is 1. The molecule has 0 saturated carbocycles. The van der Waals surface area contributed by atoms with Crippen LogP contribution in [0.1, 0.15) is 11.5 Å². The van der Waals surface area contributed by atoms with E-state index in [1.54, 1.807) is 6.07 Å². The van der Waals surface area contributed by atoms with Crippen LogP contribution in [0.4, 0.5) is 5.69 Å². The molecule has 5 heteroatoms. The number of halogens is 1. The van der Waals surface area contributed by atoms with Crippen LogP contribution in [0.25, 0.3) is 11.1 Å². The molecule has 0 bridgehead atoms. The molecular formula is C15H13BrN2O2. The Morgan fingerprint density at radius 2 is 1.90 bits per heavy atom. The normalized spacial score (nSPS) is 11.1. The minimum atomic E-state index is 0.324. The fourth-order valence-electron chi connectivity index (χ4n) is 1.91. The van der Waals surface area contributed by atoms with E-state index in [9.17, 15) is 0 Å². The number of para-hydroxylation sites is 1. The average Bonchev–Trinajstić information content (AvgIpc) is 2.85. The smallest absolute Gasteiger partial charge is 0.221 e. The number of hydrogen-bond donors (Lipinski definition) is 1. The third-order valence-electron chi connectivity index (χ3n) is 2.90. The lowest BCUT2D eigenvalue weighted by atomic mass is 10.2. The molecule has 4 nitrogen and oxygen atoms in total. The number of rotatable bonds is 4. The zero-order valence-corrected chi connectivity index (χ0v) is 12.3. The predicted molar refractivity (Wildman–Crippen MR) is 81.1 cm³/mol. The average molecular weight is 333 g/mol. The number of aromatic nitrogens is 1. The van der Waals surface area contributed by atoms with Crippen molar-refractivity contribution in [3.63, 3.8) is 0 Å². The zero-order valence-electron chi connectivity index (χ0n) is 10.7. The van der Waals surface area contributed by atoms with Gasteiger partial charge in [-0.25, -0.2) is 4.98 Å². The van der Waals surface area contributed by atoms with Gasteiger partial charge < -0.3 is 14.9 Å². The Kier molecular flexibility index (Phi) is 3.71. The number of fused-ring (bicyclic) bond motifs is 1. The Hall–Kier alpha value is -1.85. The van der Waals surface area contributed by atoms with E-state index in [1.165, 1.54) is 0 Å². The van der Waals surface area contributed by atoms with Crippen LogP contribution in [0.2, 0.25) is 0 Å². The van der Waals surface area contributed by atoms with E-state index in [2.05, 4.69) is 20.9 Å². The standard InChI is InChI=1S/C15H13BrN2O2/c16-11-6-4-10(5-7-11)8-19-9-14-18-15-12(17)2-1-3-13(15)20-14/h1-7H,8-9,17H2. The van der Waals surface area contributed by atoms with Gasteiger partial charge in [-0.15, -0.1) is 0 Å². The van der Waals surface area contributed by atoms with E-state index in [-0.39, 0.29) is 0 Å². The van der Waals surface area contributed by atoms with Crippen molar-refractivity contribution >= 4 is 32.7 Å². The maximum Gasteiger partial charge on any atom is 0.221 e. The monoisotopic (exact) mass is 332 g/mol. The maximum absolute atomic E-state index is 5.84. The van der Waals surface area contributed by atoms with E-state index in [0.29, 0.717) is 35.9 Å². The van der Waals surface area contributed by atoms with Crippen LogP contribution in [-0.2, 0) is 18.0 Å². The first-order chi connectivity index (χ1) is 9.72. The lowest BCUT2D eigenvalue weighted by molar-refractivity contribution is 0.0907. The van der Waals surface area contributed by atoms with Gasteiger partial charge in [-0.05, 0) is 29.8 Å². The van der Waals surface area contributed by atoms with Gasteiger partial charge in [-0.1, -0.05) is 34.1 Å². The van der Waals surface area contributed by atoms with Gasteiger partial charge in [0.25, 0.3) is 0 Å². The zero-order chi connectivity index (χ0) is 13.9. The maximum atomic E-state index is 5.84. The number of benzene rings is 2. The van der Waals surface area contributed by atoms with Crippen molar-refractivity contribution < 1.29 is 9.15 Å². The van der Waals surface area contributed by atoms with Crippen LogP contribution in [0.3, 0.4) is 0 Å². The molecule has 2 aromatic carbocycles. The quantitative estimate of drug-likeness (QED) is 0.736. The molecule has 0 aliphatic heterocycles. The summed E-state index contributed by atoms with van der Waals surface area (Å²) in [6, 6.07) is 13.5. The summed E-state index contributed by atoms with van der Waals surface area (Å²) in [5.41, 5.74) is 8.93. The van der Waals surface area contributed by atoms with Gasteiger partial charge in [-0.3, -0.25) is 0 Å². The van der Waals surface area contributed by atoms with Crippen LogP contribution in [0.15, 0.2) is 51.4 Å². The second-order valence-corrected chi connectivity index (χ2v) is 5.34. The molecule has 102 valence electrons. The number of nitrogens with zero attached hydrogens (tertiary/aromatic N) is 1. The second kappa shape index (κ2) is 5.64. The highest BCUT2D eigenvalue weighted by molar-refractivity contribution is 9.10. The number of anilines is 1. The molecule has 0 spiro atoms. The molecule has 3 aromatic rings. The van der Waals surface area contributed by atoms with Crippen LogP contribution in [0, 0.1) is 0 Å². The summed E-state index contributed by atoms with van der Waals surface area (Å²) in [5.74, 6) is 0.537. The van der Waals surface area contributed by atoms with Crippen molar-refractivity contribution in [3.05, 3.63) is 58.4 Å². The number of hydrogen-bond acceptors (Lipinski definition) is 4. The predicted octanol–water partition coefficient (Wildman–Crippen LogP) is 3.89. The lowest BCUT2D eigenvalue weighted by Crippen LogP contribution is -1.94. The van der Waals surface area contributed by atoms with Gasteiger partial charge in [0.1, 0.15) is 12.1 Å². The van der Waals surface area contributed by atoms with E-state index >= 15 is 0 Å². The van der Waals surface area contributed by atoms with Crippen LogP contribution < -0.4 is 5.73 Å². The number of oxazole rings is 1.